The van der Waals surface area contributed by atoms with Crippen molar-refractivity contribution in [1.29, 1.82) is 0 Å². The topological polar surface area (TPSA) is 85.9 Å². The normalized spacial score (nSPS) is 10.0. The highest BCUT2D eigenvalue weighted by atomic mass is 79.9. The van der Waals surface area contributed by atoms with Crippen molar-refractivity contribution >= 4 is 39.3 Å². The van der Waals surface area contributed by atoms with Crippen molar-refractivity contribution < 1.29 is 23.8 Å². The molecule has 0 saturated carbocycles. The molecular formula is C17H16BrClN2O5. The first-order valence-corrected chi connectivity index (χ1v) is 8.44. The zero-order valence-corrected chi connectivity index (χ0v) is 16.5. The molecule has 0 fully saturated rings. The Labute approximate surface area is 163 Å². The average Bonchev–Trinajstić information content (AvgIpc) is 2.65. The summed E-state index contributed by atoms with van der Waals surface area (Å²) in [4.78, 5) is 24.6. The van der Waals surface area contributed by atoms with Crippen LogP contribution in [-0.4, -0.2) is 33.1 Å². The summed E-state index contributed by atoms with van der Waals surface area (Å²) in [7, 11) is 4.36. The molecule has 7 nitrogen and oxygen atoms in total. The Morgan fingerprint density at radius 3 is 1.96 bits per heavy atom. The van der Waals surface area contributed by atoms with E-state index in [-0.39, 0.29) is 11.1 Å². The molecule has 2 N–H and O–H groups in total. The summed E-state index contributed by atoms with van der Waals surface area (Å²) >= 11 is 9.23. The second-order valence-corrected chi connectivity index (χ2v) is 6.18. The number of carbonyl (C=O) groups is 2. The summed E-state index contributed by atoms with van der Waals surface area (Å²) in [5, 5.41) is 0.365. The molecule has 0 bridgehead atoms. The number of benzene rings is 2. The third-order valence-corrected chi connectivity index (χ3v) is 4.42. The van der Waals surface area contributed by atoms with Crippen LogP contribution in [0.4, 0.5) is 0 Å². The van der Waals surface area contributed by atoms with Crippen LogP contribution in [0, 0.1) is 0 Å². The number of hydrazine groups is 1. The van der Waals surface area contributed by atoms with Gasteiger partial charge in [-0.3, -0.25) is 20.4 Å². The highest BCUT2D eigenvalue weighted by molar-refractivity contribution is 9.10. The lowest BCUT2D eigenvalue weighted by atomic mass is 10.2. The van der Waals surface area contributed by atoms with Crippen LogP contribution in [0.3, 0.4) is 0 Å². The lowest BCUT2D eigenvalue weighted by Gasteiger charge is -2.13. The standard InChI is InChI=1S/C17H16BrClN2O5/c1-24-12-5-4-10(19)8-11(12)17(23)21-20-16(22)9-6-13(25-2)15(18)14(7-9)26-3/h4-8H,1-3H3,(H,20,22)(H,21,23). The second kappa shape index (κ2) is 8.77. The molecule has 0 unspecified atom stereocenters. The van der Waals surface area contributed by atoms with Crippen molar-refractivity contribution in [2.75, 3.05) is 21.3 Å². The van der Waals surface area contributed by atoms with Crippen LogP contribution < -0.4 is 25.1 Å². The highest BCUT2D eigenvalue weighted by Gasteiger charge is 2.17. The molecule has 0 aliphatic rings. The van der Waals surface area contributed by atoms with Gasteiger partial charge in [-0.25, -0.2) is 0 Å². The predicted octanol–water partition coefficient (Wildman–Crippen LogP) is 3.20. The van der Waals surface area contributed by atoms with E-state index in [9.17, 15) is 9.59 Å². The van der Waals surface area contributed by atoms with E-state index in [2.05, 4.69) is 26.8 Å². The third-order valence-electron chi connectivity index (χ3n) is 3.40. The largest absolute Gasteiger partial charge is 0.496 e. The Morgan fingerprint density at radius 1 is 0.885 bits per heavy atom. The molecule has 2 aromatic carbocycles. The summed E-state index contributed by atoms with van der Waals surface area (Å²) in [6.07, 6.45) is 0. The van der Waals surface area contributed by atoms with E-state index < -0.39 is 11.8 Å². The van der Waals surface area contributed by atoms with E-state index in [4.69, 9.17) is 25.8 Å². The molecule has 0 atom stereocenters. The first-order chi connectivity index (χ1) is 12.4. The molecule has 0 spiro atoms. The van der Waals surface area contributed by atoms with Crippen molar-refractivity contribution in [3.05, 3.63) is 51.0 Å². The van der Waals surface area contributed by atoms with Crippen molar-refractivity contribution in [2.45, 2.75) is 0 Å². The number of halogens is 2. The third kappa shape index (κ3) is 4.39. The van der Waals surface area contributed by atoms with Crippen molar-refractivity contribution in [1.82, 2.24) is 10.9 Å². The highest BCUT2D eigenvalue weighted by Crippen LogP contribution is 2.35. The fourth-order valence-corrected chi connectivity index (χ4v) is 2.84. The van der Waals surface area contributed by atoms with E-state index in [1.54, 1.807) is 12.1 Å². The van der Waals surface area contributed by atoms with Crippen LogP contribution in [0.15, 0.2) is 34.8 Å². The van der Waals surface area contributed by atoms with E-state index >= 15 is 0 Å². The van der Waals surface area contributed by atoms with Gasteiger partial charge < -0.3 is 14.2 Å². The molecule has 2 rings (SSSR count). The van der Waals surface area contributed by atoms with Gasteiger partial charge in [0.25, 0.3) is 11.8 Å². The van der Waals surface area contributed by atoms with Gasteiger partial charge in [-0.05, 0) is 46.3 Å². The molecule has 26 heavy (non-hydrogen) atoms. The Morgan fingerprint density at radius 2 is 1.42 bits per heavy atom. The number of amides is 2. The van der Waals surface area contributed by atoms with Crippen molar-refractivity contribution in [2.24, 2.45) is 0 Å². The molecular weight excluding hydrogens is 428 g/mol. The van der Waals surface area contributed by atoms with Gasteiger partial charge in [0.1, 0.15) is 21.7 Å². The van der Waals surface area contributed by atoms with Crippen LogP contribution >= 0.6 is 27.5 Å². The van der Waals surface area contributed by atoms with Gasteiger partial charge in [0.2, 0.25) is 0 Å². The quantitative estimate of drug-likeness (QED) is 0.693. The summed E-state index contributed by atoms with van der Waals surface area (Å²) in [5.41, 5.74) is 5.07. The van der Waals surface area contributed by atoms with Gasteiger partial charge in [-0.2, -0.15) is 0 Å². The molecule has 0 aliphatic heterocycles. The SMILES string of the molecule is COc1ccc(Cl)cc1C(=O)NNC(=O)c1cc(OC)c(Br)c(OC)c1. The molecule has 0 radical (unpaired) electrons. The molecule has 0 heterocycles. The molecule has 9 heteroatoms. The number of rotatable bonds is 5. The van der Waals surface area contributed by atoms with E-state index in [0.717, 1.165) is 0 Å². The first-order valence-electron chi connectivity index (χ1n) is 7.27. The monoisotopic (exact) mass is 442 g/mol. The number of carbonyl (C=O) groups excluding carboxylic acids is 2. The number of ether oxygens (including phenoxy) is 3. The minimum atomic E-state index is -0.575. The van der Waals surface area contributed by atoms with E-state index in [1.807, 2.05) is 0 Å². The summed E-state index contributed by atoms with van der Waals surface area (Å²) in [6, 6.07) is 7.61. The van der Waals surface area contributed by atoms with Gasteiger partial charge in [0.15, 0.2) is 0 Å². The van der Waals surface area contributed by atoms with Crippen LogP contribution in [0.25, 0.3) is 0 Å². The molecule has 2 amide bonds. The molecule has 0 aliphatic carbocycles. The lowest BCUT2D eigenvalue weighted by molar-refractivity contribution is 0.0844. The molecule has 138 valence electrons. The van der Waals surface area contributed by atoms with Crippen LogP contribution in [0.5, 0.6) is 17.2 Å². The van der Waals surface area contributed by atoms with Gasteiger partial charge in [0, 0.05) is 10.6 Å². The Bertz CT molecular complexity index is 819. The van der Waals surface area contributed by atoms with Crippen molar-refractivity contribution in [3.63, 3.8) is 0 Å². The smallest absolute Gasteiger partial charge is 0.273 e. The van der Waals surface area contributed by atoms with Gasteiger partial charge in [-0.1, -0.05) is 11.6 Å². The maximum absolute atomic E-state index is 12.3. The Balaban J connectivity index is 2.16. The minimum Gasteiger partial charge on any atom is -0.496 e. The minimum absolute atomic E-state index is 0.186. The molecule has 0 saturated heterocycles. The lowest BCUT2D eigenvalue weighted by Crippen LogP contribution is -2.41. The molecule has 2 aromatic rings. The van der Waals surface area contributed by atoms with Gasteiger partial charge in [0.05, 0.1) is 26.9 Å². The fraction of sp³-hybridized carbons (Fsp3) is 0.176. The maximum Gasteiger partial charge on any atom is 0.273 e. The number of hydrogen-bond donors (Lipinski definition) is 2. The zero-order valence-electron chi connectivity index (χ0n) is 14.2. The fourth-order valence-electron chi connectivity index (χ4n) is 2.11. The van der Waals surface area contributed by atoms with Gasteiger partial charge in [-0.15, -0.1) is 0 Å². The van der Waals surface area contributed by atoms with Gasteiger partial charge >= 0.3 is 0 Å². The maximum atomic E-state index is 12.3. The summed E-state index contributed by atoms with van der Waals surface area (Å²) < 4.78 is 16.1. The summed E-state index contributed by atoms with van der Waals surface area (Å²) in [5.74, 6) is 0.0278. The van der Waals surface area contributed by atoms with Crippen LogP contribution in [-0.2, 0) is 0 Å². The zero-order chi connectivity index (χ0) is 19.3. The van der Waals surface area contributed by atoms with Crippen molar-refractivity contribution in [3.8, 4) is 17.2 Å². The number of hydrogen-bond acceptors (Lipinski definition) is 5. The molecule has 0 aromatic heterocycles. The predicted molar refractivity (Wildman–Crippen MR) is 100 cm³/mol. The van der Waals surface area contributed by atoms with E-state index in [0.29, 0.717) is 26.7 Å². The Kier molecular flexibility index (Phi) is 6.70. The summed E-state index contributed by atoms with van der Waals surface area (Å²) in [6.45, 7) is 0. The number of nitrogens with one attached hydrogen (secondary N) is 2. The first kappa shape index (κ1) is 19.9. The number of methoxy groups -OCH3 is 3. The average molecular weight is 444 g/mol. The van der Waals surface area contributed by atoms with Crippen LogP contribution in [0.1, 0.15) is 20.7 Å². The second-order valence-electron chi connectivity index (χ2n) is 4.95. The van der Waals surface area contributed by atoms with E-state index in [1.165, 1.54) is 39.5 Å². The van der Waals surface area contributed by atoms with Crippen LogP contribution in [0.2, 0.25) is 5.02 Å². The Hall–Kier alpha value is -2.45.